The number of aliphatic hydroxyl groups is 5. The molecule has 0 spiro atoms. The molecule has 2 fully saturated rings. The summed E-state index contributed by atoms with van der Waals surface area (Å²) in [6, 6.07) is 8.50. The van der Waals surface area contributed by atoms with Gasteiger partial charge in [-0.2, -0.15) is 4.31 Å². The number of phosphoric ester groups is 2. The number of aromatic amines is 1. The Morgan fingerprint density at radius 3 is 2.06 bits per heavy atom. The van der Waals surface area contributed by atoms with Crippen molar-refractivity contribution in [3.8, 4) is 17.1 Å². The summed E-state index contributed by atoms with van der Waals surface area (Å²) in [5.41, 5.74) is 5.85. The number of pyridine rings is 1. The lowest BCUT2D eigenvalue weighted by molar-refractivity contribution is -0.273. The monoisotopic (exact) mass is 1020 g/mol. The maximum Gasteiger partial charge on any atom is 0.483 e. The molecule has 0 aliphatic carbocycles. The summed E-state index contributed by atoms with van der Waals surface area (Å²) < 4.78 is 78.6. The number of imidazole rings is 1. The van der Waals surface area contributed by atoms with Crippen LogP contribution in [0.2, 0.25) is 0 Å². The molecule has 30 nitrogen and oxygen atoms in total. The summed E-state index contributed by atoms with van der Waals surface area (Å²) in [7, 11) is -11.3. The number of H-pyrrole nitrogens is 1. The topological polar surface area (TPSA) is 425 Å². The van der Waals surface area contributed by atoms with E-state index in [1.54, 1.807) is 31.2 Å². The minimum atomic E-state index is -5.72. The average Bonchev–Trinajstić information content (AvgIpc) is 3.85. The molecular weight excluding hydrogens is 968 g/mol. The lowest BCUT2D eigenvalue weighted by Crippen LogP contribution is -2.60. The Labute approximate surface area is 390 Å². The third-order valence-corrected chi connectivity index (χ3v) is 12.6. The number of hydrogen-bond acceptors (Lipinski definition) is 25. The molecule has 11 atom stereocenters. The number of amides is 1. The number of carbonyl (C=O) groups is 1. The Bertz CT molecular complexity index is 2420. The van der Waals surface area contributed by atoms with Crippen LogP contribution in [0.1, 0.15) is 18.5 Å². The molecule has 0 radical (unpaired) electrons. The van der Waals surface area contributed by atoms with Crippen LogP contribution in [-0.2, 0) is 55.7 Å². The normalized spacial score (nSPS) is 25.6. The second-order valence-electron chi connectivity index (χ2n) is 15.1. The van der Waals surface area contributed by atoms with E-state index in [0.717, 1.165) is 11.9 Å². The van der Waals surface area contributed by atoms with Crippen molar-refractivity contribution in [3.05, 3.63) is 52.8 Å². The quantitative estimate of drug-likeness (QED) is 0.0213. The second kappa shape index (κ2) is 25.0. The average molecular weight is 1020 g/mol. The first-order valence-electron chi connectivity index (χ1n) is 21.0. The van der Waals surface area contributed by atoms with Gasteiger partial charge in [0.2, 0.25) is 11.7 Å². The number of anilines is 1. The number of aliphatic hydroxyl groups excluding tert-OH is 5. The number of hydrogen-bond donors (Lipinski definition) is 10. The van der Waals surface area contributed by atoms with E-state index in [9.17, 15) is 54.0 Å². The predicted molar refractivity (Wildman–Crippen MR) is 229 cm³/mol. The van der Waals surface area contributed by atoms with E-state index < -0.39 is 95.5 Å². The van der Waals surface area contributed by atoms with Crippen molar-refractivity contribution in [2.75, 3.05) is 78.3 Å². The number of nitrogens with zero attached hydrogens (tertiary/aromatic N) is 6. The van der Waals surface area contributed by atoms with E-state index >= 15 is 0 Å². The van der Waals surface area contributed by atoms with E-state index in [4.69, 9.17) is 47.9 Å². The standard InChI is InChI=1S/C37H53N9O21P2/c1-20-42-44-34(45-43-20)21-2-4-22(5-3-21)62-15-14-61-13-12-60-11-10-59-9-8-58-7-6-27(47)39-17-24-29(48)31(50)33(52)37(65-24)66-69(56,57)67-68(54,55)63-18-25-30(49)32(51)36(64-25)46-19-40-28-23(46)16-26(38)41-35(28)53/h2-5,16,19,24-25,29-33,36-37,48-52H,6-15,17-18H2,1H3,(H,39,47)(H,54,55)(H,56,57)(H3,38,41,53)/t24?,25-,29-,30?,31?,32?,33?,36-,37-/m1/s1. The maximum absolute atomic E-state index is 12.8. The van der Waals surface area contributed by atoms with E-state index in [1.165, 1.54) is 10.6 Å². The van der Waals surface area contributed by atoms with Crippen LogP contribution < -0.4 is 21.3 Å². The number of nitrogen functional groups attached to an aromatic ring is 1. The van der Waals surface area contributed by atoms with Crippen LogP contribution in [0.4, 0.5) is 5.82 Å². The molecular formula is C37H53N9O21P2. The number of benzene rings is 1. The van der Waals surface area contributed by atoms with E-state index in [0.29, 0.717) is 50.4 Å². The van der Waals surface area contributed by atoms with Gasteiger partial charge < -0.3 is 89.1 Å². The van der Waals surface area contributed by atoms with Gasteiger partial charge in [0.15, 0.2) is 23.9 Å². The Kier molecular flexibility index (Phi) is 19.5. The number of nitrogens with one attached hydrogen (secondary N) is 2. The van der Waals surface area contributed by atoms with Crippen LogP contribution in [-0.4, -0.2) is 198 Å². The van der Waals surface area contributed by atoms with Crippen LogP contribution in [0.15, 0.2) is 41.5 Å². The van der Waals surface area contributed by atoms with Crippen LogP contribution in [0.3, 0.4) is 0 Å². The lowest BCUT2D eigenvalue weighted by atomic mass is 9.99. The number of rotatable bonds is 27. The van der Waals surface area contributed by atoms with Crippen LogP contribution in [0.5, 0.6) is 5.75 Å². The van der Waals surface area contributed by atoms with Gasteiger partial charge in [0.25, 0.3) is 5.56 Å². The predicted octanol–water partition coefficient (Wildman–Crippen LogP) is -2.81. The van der Waals surface area contributed by atoms with Gasteiger partial charge >= 0.3 is 15.6 Å². The molecule has 2 aliphatic heterocycles. The number of ether oxygens (including phenoxy) is 7. The summed E-state index contributed by atoms with van der Waals surface area (Å²) in [5.74, 6) is 0.924. The molecule has 32 heteroatoms. The number of aromatic nitrogens is 7. The SMILES string of the molecule is Cc1nnc(-c2ccc(OCCOCCOCCOCCOCCC(=O)NCC3O[C@H](OP(=O)(O)OP(=O)(O)OC[C@H]4O[C@@H](n5cnc6c(=O)[nH]c(N)cc65)C(O)C4O)C(O)C(O)[C@@H]3O)cc2)nn1. The molecule has 7 unspecified atom stereocenters. The molecule has 69 heavy (non-hydrogen) atoms. The van der Waals surface area contributed by atoms with E-state index in [1.807, 2.05) is 0 Å². The van der Waals surface area contributed by atoms with Gasteiger partial charge in [-0.1, -0.05) is 0 Å². The van der Waals surface area contributed by atoms with E-state index in [-0.39, 0.29) is 49.7 Å². The lowest BCUT2D eigenvalue weighted by Gasteiger charge is -2.40. The zero-order chi connectivity index (χ0) is 49.7. The molecule has 2 saturated heterocycles. The van der Waals surface area contributed by atoms with Gasteiger partial charge in [0.1, 0.15) is 60.9 Å². The van der Waals surface area contributed by atoms with Gasteiger partial charge in [-0.25, -0.2) is 14.1 Å². The fourth-order valence-corrected chi connectivity index (χ4v) is 8.71. The van der Waals surface area contributed by atoms with Gasteiger partial charge in [0, 0.05) is 24.6 Å². The van der Waals surface area contributed by atoms with Crippen LogP contribution in [0.25, 0.3) is 22.4 Å². The summed E-state index contributed by atoms with van der Waals surface area (Å²) in [6.45, 7) is 2.49. The first-order valence-corrected chi connectivity index (χ1v) is 24.0. The number of carbonyl (C=O) groups excluding carboxylic acids is 1. The smallest absolute Gasteiger partial charge is 0.483 e. The van der Waals surface area contributed by atoms with Gasteiger partial charge in [-0.15, -0.1) is 20.4 Å². The molecule has 2 aliphatic rings. The van der Waals surface area contributed by atoms with Crippen molar-refractivity contribution in [2.24, 2.45) is 0 Å². The molecule has 11 N–H and O–H groups in total. The Hall–Kier alpha value is -4.53. The van der Waals surface area contributed by atoms with Crippen molar-refractivity contribution < 1.29 is 95.8 Å². The summed E-state index contributed by atoms with van der Waals surface area (Å²) >= 11 is 0. The fourth-order valence-electron chi connectivity index (χ4n) is 6.55. The third-order valence-electron chi connectivity index (χ3n) is 10.0. The summed E-state index contributed by atoms with van der Waals surface area (Å²) in [6.07, 6.45) is -15.4. The second-order valence-corrected chi connectivity index (χ2v) is 18.1. The molecule has 382 valence electrons. The molecule has 5 heterocycles. The highest BCUT2D eigenvalue weighted by Gasteiger charge is 2.50. The van der Waals surface area contributed by atoms with Gasteiger partial charge in [-0.05, 0) is 31.2 Å². The zero-order valence-electron chi connectivity index (χ0n) is 36.6. The number of fused-ring (bicyclic) bond motifs is 1. The number of nitrogens with two attached hydrogens (primary N) is 1. The fraction of sp³-hybridized carbons (Fsp3) is 0.595. The molecule has 1 aromatic carbocycles. The highest BCUT2D eigenvalue weighted by Crippen LogP contribution is 2.61. The molecule has 4 aromatic rings. The van der Waals surface area contributed by atoms with Crippen molar-refractivity contribution in [1.82, 2.24) is 40.2 Å². The molecule has 0 bridgehead atoms. The Balaban J connectivity index is 0.798. The zero-order valence-corrected chi connectivity index (χ0v) is 38.4. The van der Waals surface area contributed by atoms with Gasteiger partial charge in [-0.3, -0.25) is 18.6 Å². The van der Waals surface area contributed by atoms with Crippen LogP contribution >= 0.6 is 15.6 Å². The Morgan fingerprint density at radius 1 is 0.797 bits per heavy atom. The molecule has 6 rings (SSSR count). The van der Waals surface area contributed by atoms with E-state index in [2.05, 4.69) is 40.0 Å². The summed E-state index contributed by atoms with van der Waals surface area (Å²) in [5, 5.41) is 70.5. The minimum Gasteiger partial charge on any atom is -0.491 e. The first kappa shape index (κ1) is 53.8. The third kappa shape index (κ3) is 15.5. The van der Waals surface area contributed by atoms with Crippen molar-refractivity contribution in [2.45, 2.75) is 68.6 Å². The number of phosphoric acid groups is 2. The molecule has 1 amide bonds. The Morgan fingerprint density at radius 2 is 1.41 bits per heavy atom. The number of aryl methyl sites for hydroxylation is 1. The summed E-state index contributed by atoms with van der Waals surface area (Å²) in [4.78, 5) is 51.3. The molecule has 3 aromatic heterocycles. The van der Waals surface area contributed by atoms with Crippen molar-refractivity contribution >= 4 is 38.4 Å². The van der Waals surface area contributed by atoms with Gasteiger partial charge in [0.05, 0.1) is 71.3 Å². The molecule has 0 saturated carbocycles. The highest BCUT2D eigenvalue weighted by molar-refractivity contribution is 7.61. The largest absolute Gasteiger partial charge is 0.491 e. The minimum absolute atomic E-state index is 0.0298. The first-order chi connectivity index (χ1) is 32.9. The van der Waals surface area contributed by atoms with Crippen LogP contribution in [0, 0.1) is 6.92 Å². The van der Waals surface area contributed by atoms with Crippen molar-refractivity contribution in [3.63, 3.8) is 0 Å². The highest BCUT2D eigenvalue weighted by atomic mass is 31.3. The maximum atomic E-state index is 12.8. The van der Waals surface area contributed by atoms with Crippen molar-refractivity contribution in [1.29, 1.82) is 0 Å².